The van der Waals surface area contributed by atoms with Gasteiger partial charge < -0.3 is 19.9 Å². The normalized spacial score (nSPS) is 19.2. The minimum absolute atomic E-state index is 0.170. The molecule has 9 nitrogen and oxygen atoms in total. The van der Waals surface area contributed by atoms with Gasteiger partial charge in [-0.2, -0.15) is 0 Å². The van der Waals surface area contributed by atoms with Crippen LogP contribution in [0.25, 0.3) is 16.8 Å². The highest BCUT2D eigenvalue weighted by Gasteiger charge is 2.33. The lowest BCUT2D eigenvalue weighted by atomic mass is 9.95. The maximum atomic E-state index is 14.7. The van der Waals surface area contributed by atoms with Crippen molar-refractivity contribution in [2.75, 3.05) is 24.3 Å². The van der Waals surface area contributed by atoms with E-state index in [0.717, 1.165) is 12.1 Å². The van der Waals surface area contributed by atoms with Crippen LogP contribution in [0, 0.1) is 17.6 Å². The lowest BCUT2D eigenvalue weighted by molar-refractivity contribution is -0.129. The topological polar surface area (TPSA) is 116 Å². The van der Waals surface area contributed by atoms with Crippen molar-refractivity contribution in [2.24, 2.45) is 5.92 Å². The number of H-pyrrole nitrogens is 1. The molecule has 2 unspecified atom stereocenters. The summed E-state index contributed by atoms with van der Waals surface area (Å²) < 4.78 is 33.9. The van der Waals surface area contributed by atoms with Crippen LogP contribution < -0.4 is 10.6 Å². The van der Waals surface area contributed by atoms with Gasteiger partial charge in [0.15, 0.2) is 5.82 Å². The number of methoxy groups -OCH3 is 1. The molecule has 2 atom stereocenters. The van der Waals surface area contributed by atoms with Crippen molar-refractivity contribution in [3.63, 3.8) is 0 Å². The average Bonchev–Trinajstić information content (AvgIpc) is 3.34. The number of benzene rings is 2. The fraction of sp³-hybridized carbons (Fsp3) is 0.310. The van der Waals surface area contributed by atoms with Gasteiger partial charge in [0.25, 0.3) is 0 Å². The van der Waals surface area contributed by atoms with E-state index in [1.165, 1.54) is 13.2 Å². The Labute approximate surface area is 250 Å². The Morgan fingerprint density at radius 2 is 1.95 bits per heavy atom. The first-order chi connectivity index (χ1) is 20.1. The van der Waals surface area contributed by atoms with Gasteiger partial charge in [-0.3, -0.25) is 14.9 Å². The predicted octanol–water partition coefficient (Wildman–Crippen LogP) is 6.96. The van der Waals surface area contributed by atoms with Crippen molar-refractivity contribution in [2.45, 2.75) is 38.6 Å². The summed E-state index contributed by atoms with van der Waals surface area (Å²) in [6, 6.07) is 6.52. The number of aromatic amines is 1. The summed E-state index contributed by atoms with van der Waals surface area (Å²) in [6.07, 6.45) is 2.29. The van der Waals surface area contributed by atoms with E-state index in [0.29, 0.717) is 47.7 Å². The molecule has 2 aliphatic rings. The molecule has 0 saturated carbocycles. The molecule has 0 spiro atoms. The zero-order valence-electron chi connectivity index (χ0n) is 22.7. The molecule has 0 fully saturated rings. The van der Waals surface area contributed by atoms with Crippen LogP contribution in [0.15, 0.2) is 36.4 Å². The molecule has 3 amide bonds. The second-order valence-corrected chi connectivity index (χ2v) is 11.0. The number of carbonyl (C=O) groups excluding carboxylic acids is 3. The number of rotatable bonds is 3. The van der Waals surface area contributed by atoms with E-state index in [2.05, 4.69) is 20.4 Å². The first-order valence-corrected chi connectivity index (χ1v) is 14.0. The second kappa shape index (κ2) is 12.1. The molecular formula is C29H27Cl2F2N5O4. The van der Waals surface area contributed by atoms with Crippen molar-refractivity contribution in [3.8, 4) is 11.3 Å². The van der Waals surface area contributed by atoms with Crippen molar-refractivity contribution >= 4 is 58.1 Å². The van der Waals surface area contributed by atoms with Crippen molar-refractivity contribution in [1.82, 2.24) is 14.9 Å². The molecule has 0 radical (unpaired) electrons. The Balaban J connectivity index is 1.53. The van der Waals surface area contributed by atoms with Crippen LogP contribution in [0.3, 0.4) is 0 Å². The Hall–Kier alpha value is -3.96. The smallest absolute Gasteiger partial charge is 0.411 e. The number of ether oxygens (including phenoxy) is 1. The largest absolute Gasteiger partial charge is 0.453 e. The number of fused-ring (bicyclic) bond motifs is 4. The van der Waals surface area contributed by atoms with E-state index in [-0.39, 0.29) is 46.1 Å². The summed E-state index contributed by atoms with van der Waals surface area (Å²) in [5.74, 6) is -2.32. The number of hydrogen-bond acceptors (Lipinski definition) is 5. The summed E-state index contributed by atoms with van der Waals surface area (Å²) in [6.45, 7) is 1.97. The molecular weight excluding hydrogens is 591 g/mol. The fourth-order valence-electron chi connectivity index (χ4n) is 5.23. The maximum absolute atomic E-state index is 14.7. The van der Waals surface area contributed by atoms with Crippen LogP contribution >= 0.6 is 23.2 Å². The summed E-state index contributed by atoms with van der Waals surface area (Å²) in [7, 11) is 1.24. The molecule has 5 rings (SSSR count). The first kappa shape index (κ1) is 29.5. The van der Waals surface area contributed by atoms with Crippen LogP contribution in [0.1, 0.15) is 50.0 Å². The third kappa shape index (κ3) is 5.84. The highest BCUT2D eigenvalue weighted by Crippen LogP contribution is 2.39. The van der Waals surface area contributed by atoms with E-state index in [1.54, 1.807) is 30.0 Å². The van der Waals surface area contributed by atoms with Gasteiger partial charge in [0, 0.05) is 29.8 Å². The highest BCUT2D eigenvalue weighted by atomic mass is 35.5. The summed E-state index contributed by atoms with van der Waals surface area (Å²) >= 11 is 12.5. The summed E-state index contributed by atoms with van der Waals surface area (Å²) in [5, 5.41) is 5.45. The van der Waals surface area contributed by atoms with Gasteiger partial charge in [-0.05, 0) is 55.2 Å². The lowest BCUT2D eigenvalue weighted by Gasteiger charge is -2.33. The summed E-state index contributed by atoms with van der Waals surface area (Å²) in [5.41, 5.74) is 1.51. The Bertz CT molecular complexity index is 1610. The van der Waals surface area contributed by atoms with E-state index < -0.39 is 29.7 Å². The SMILES string of the molecule is COC(=O)Nc1ccc2c(c1)NC(=O)C(C)CCCC(N1CCC(c3c(F)ccc(Cl)c3F)=CC1=O)c1nc-2c(Cl)[nH]1. The van der Waals surface area contributed by atoms with Crippen LogP contribution in [-0.2, 0) is 14.3 Å². The molecule has 3 heterocycles. The molecule has 2 aromatic carbocycles. The van der Waals surface area contributed by atoms with E-state index in [1.807, 2.05) is 0 Å². The number of nitrogens with zero attached hydrogens (tertiary/aromatic N) is 2. The van der Waals surface area contributed by atoms with Crippen LogP contribution in [0.4, 0.5) is 25.0 Å². The molecule has 0 aliphatic carbocycles. The minimum Gasteiger partial charge on any atom is -0.453 e. The second-order valence-electron chi connectivity index (χ2n) is 10.2. The van der Waals surface area contributed by atoms with E-state index >= 15 is 0 Å². The molecule has 1 aromatic heterocycles. The molecule has 220 valence electrons. The van der Waals surface area contributed by atoms with Gasteiger partial charge in [-0.15, -0.1) is 0 Å². The van der Waals surface area contributed by atoms with Crippen molar-refractivity contribution in [3.05, 3.63) is 69.6 Å². The van der Waals surface area contributed by atoms with Gasteiger partial charge in [-0.1, -0.05) is 36.5 Å². The van der Waals surface area contributed by atoms with Crippen LogP contribution in [-0.4, -0.2) is 46.4 Å². The van der Waals surface area contributed by atoms with Gasteiger partial charge in [0.1, 0.15) is 22.5 Å². The number of halogens is 4. The minimum atomic E-state index is -0.909. The van der Waals surface area contributed by atoms with Crippen molar-refractivity contribution in [1.29, 1.82) is 0 Å². The molecule has 2 bridgehead atoms. The summed E-state index contributed by atoms with van der Waals surface area (Å²) in [4.78, 5) is 47.7. The number of carbonyl (C=O) groups is 3. The number of anilines is 2. The Morgan fingerprint density at radius 1 is 1.17 bits per heavy atom. The van der Waals surface area contributed by atoms with Crippen molar-refractivity contribution < 1.29 is 27.9 Å². The molecule has 2 aliphatic heterocycles. The van der Waals surface area contributed by atoms with Gasteiger partial charge >= 0.3 is 6.09 Å². The Kier molecular flexibility index (Phi) is 8.51. The standard InChI is InChI=1S/C29H27Cl2F2N5O4/c1-14-4-3-5-21(38-11-10-15(12-22(38)39)23-19(32)9-8-18(30)24(23)33)27-36-25(26(31)37-27)17-7-6-16(34-29(41)42-2)13-20(17)35-28(14)40/h6-9,12-14,21H,3-5,10-11H2,1-2H3,(H,34,41)(H,35,40)(H,36,37). The highest BCUT2D eigenvalue weighted by molar-refractivity contribution is 6.32. The van der Waals surface area contributed by atoms with Gasteiger partial charge in [-0.25, -0.2) is 18.6 Å². The fourth-order valence-corrected chi connectivity index (χ4v) is 5.63. The lowest BCUT2D eigenvalue weighted by Crippen LogP contribution is -2.38. The quantitative estimate of drug-likeness (QED) is 0.275. The first-order valence-electron chi connectivity index (χ1n) is 13.3. The van der Waals surface area contributed by atoms with Gasteiger partial charge in [0.2, 0.25) is 11.8 Å². The number of nitrogens with one attached hydrogen (secondary N) is 3. The maximum Gasteiger partial charge on any atom is 0.411 e. The number of amides is 3. The van der Waals surface area contributed by atoms with Gasteiger partial charge in [0.05, 0.1) is 29.4 Å². The number of imidazole rings is 1. The van der Waals surface area contributed by atoms with Crippen LogP contribution in [0.2, 0.25) is 10.2 Å². The number of hydrogen-bond donors (Lipinski definition) is 3. The molecule has 0 saturated heterocycles. The third-order valence-corrected chi connectivity index (χ3v) is 8.03. The zero-order chi connectivity index (χ0) is 30.1. The van der Waals surface area contributed by atoms with E-state index in [4.69, 9.17) is 28.2 Å². The molecule has 13 heteroatoms. The monoisotopic (exact) mass is 617 g/mol. The number of aromatic nitrogens is 2. The zero-order valence-corrected chi connectivity index (χ0v) is 24.2. The Morgan fingerprint density at radius 3 is 2.69 bits per heavy atom. The molecule has 3 aromatic rings. The predicted molar refractivity (Wildman–Crippen MR) is 155 cm³/mol. The van der Waals surface area contributed by atoms with Crippen LogP contribution in [0.5, 0.6) is 0 Å². The van der Waals surface area contributed by atoms with E-state index in [9.17, 15) is 23.2 Å². The average molecular weight is 618 g/mol. The molecule has 42 heavy (non-hydrogen) atoms. The third-order valence-electron chi connectivity index (χ3n) is 7.46. The molecule has 3 N–H and O–H groups in total.